The van der Waals surface area contributed by atoms with Crippen molar-refractivity contribution in [2.75, 3.05) is 6.54 Å². The molecular formula is C13H16N4O2. The number of primary amides is 1. The van der Waals surface area contributed by atoms with Crippen molar-refractivity contribution in [2.45, 2.75) is 19.9 Å². The van der Waals surface area contributed by atoms with Gasteiger partial charge < -0.3 is 15.6 Å². The summed E-state index contributed by atoms with van der Waals surface area (Å²) in [6.45, 7) is 3.52. The van der Waals surface area contributed by atoms with Crippen molar-refractivity contribution >= 4 is 5.91 Å². The molecule has 1 aromatic carbocycles. The first-order valence-electron chi connectivity index (χ1n) is 6.14. The van der Waals surface area contributed by atoms with E-state index in [0.717, 1.165) is 13.0 Å². The van der Waals surface area contributed by atoms with E-state index in [-0.39, 0.29) is 0 Å². The van der Waals surface area contributed by atoms with Gasteiger partial charge in [-0.15, -0.1) is 0 Å². The molecule has 0 saturated carbocycles. The molecule has 1 amide bonds. The zero-order valence-electron chi connectivity index (χ0n) is 10.7. The fraction of sp³-hybridized carbons (Fsp3) is 0.308. The first kappa shape index (κ1) is 13.2. The number of benzene rings is 1. The lowest BCUT2D eigenvalue weighted by molar-refractivity contribution is 0.100. The van der Waals surface area contributed by atoms with E-state index in [1.54, 1.807) is 24.3 Å². The molecule has 0 aliphatic heterocycles. The number of nitrogens with zero attached hydrogens (tertiary/aromatic N) is 2. The standard InChI is InChI=1S/C13H16N4O2/c1-2-6-15-8-11-16-13(17-19-11)10-5-3-4-9(7-10)12(14)18/h3-5,7,15H,2,6,8H2,1H3,(H2,14,18). The van der Waals surface area contributed by atoms with Gasteiger partial charge in [0.2, 0.25) is 17.6 Å². The molecule has 0 radical (unpaired) electrons. The van der Waals surface area contributed by atoms with E-state index in [4.69, 9.17) is 10.3 Å². The lowest BCUT2D eigenvalue weighted by Gasteiger charge is -1.98. The van der Waals surface area contributed by atoms with E-state index >= 15 is 0 Å². The van der Waals surface area contributed by atoms with Crippen molar-refractivity contribution in [3.05, 3.63) is 35.7 Å². The van der Waals surface area contributed by atoms with Crippen molar-refractivity contribution < 1.29 is 9.32 Å². The number of hydrogen-bond acceptors (Lipinski definition) is 5. The van der Waals surface area contributed by atoms with E-state index < -0.39 is 5.91 Å². The number of rotatable bonds is 6. The third kappa shape index (κ3) is 3.38. The molecule has 6 heteroatoms. The zero-order chi connectivity index (χ0) is 13.7. The Morgan fingerprint density at radius 2 is 2.32 bits per heavy atom. The van der Waals surface area contributed by atoms with Crippen LogP contribution in [0.1, 0.15) is 29.6 Å². The predicted molar refractivity (Wildman–Crippen MR) is 70.2 cm³/mol. The second-order valence-corrected chi connectivity index (χ2v) is 4.13. The molecule has 19 heavy (non-hydrogen) atoms. The lowest BCUT2D eigenvalue weighted by atomic mass is 10.1. The zero-order valence-corrected chi connectivity index (χ0v) is 10.7. The third-order valence-electron chi connectivity index (χ3n) is 2.58. The molecule has 0 aliphatic rings. The normalized spacial score (nSPS) is 10.6. The Kier molecular flexibility index (Phi) is 4.25. The average molecular weight is 260 g/mol. The summed E-state index contributed by atoms with van der Waals surface area (Å²) in [5.41, 5.74) is 6.37. The van der Waals surface area contributed by atoms with Crippen LogP contribution in [0.3, 0.4) is 0 Å². The first-order valence-corrected chi connectivity index (χ1v) is 6.14. The van der Waals surface area contributed by atoms with Gasteiger partial charge in [0, 0.05) is 11.1 Å². The maximum atomic E-state index is 11.1. The molecular weight excluding hydrogens is 244 g/mol. The van der Waals surface area contributed by atoms with E-state index in [2.05, 4.69) is 22.4 Å². The average Bonchev–Trinajstić information content (AvgIpc) is 2.88. The summed E-state index contributed by atoms with van der Waals surface area (Å²) >= 11 is 0. The monoisotopic (exact) mass is 260 g/mol. The molecule has 0 fully saturated rings. The van der Waals surface area contributed by atoms with Crippen molar-refractivity contribution in [1.82, 2.24) is 15.5 Å². The van der Waals surface area contributed by atoms with E-state index in [1.165, 1.54) is 0 Å². The number of nitrogens with two attached hydrogens (primary N) is 1. The van der Waals surface area contributed by atoms with Crippen LogP contribution < -0.4 is 11.1 Å². The summed E-state index contributed by atoms with van der Waals surface area (Å²) in [5, 5.41) is 7.06. The van der Waals surface area contributed by atoms with Gasteiger partial charge in [0.05, 0.1) is 6.54 Å². The van der Waals surface area contributed by atoms with E-state index in [1.807, 2.05) is 0 Å². The van der Waals surface area contributed by atoms with Gasteiger partial charge in [-0.25, -0.2) is 0 Å². The van der Waals surface area contributed by atoms with Gasteiger partial charge in [-0.2, -0.15) is 4.98 Å². The van der Waals surface area contributed by atoms with Gasteiger partial charge in [0.1, 0.15) is 0 Å². The Balaban J connectivity index is 2.13. The summed E-state index contributed by atoms with van der Waals surface area (Å²) in [6, 6.07) is 6.84. The Morgan fingerprint density at radius 3 is 3.05 bits per heavy atom. The smallest absolute Gasteiger partial charge is 0.248 e. The second kappa shape index (κ2) is 6.10. The molecule has 1 heterocycles. The lowest BCUT2D eigenvalue weighted by Crippen LogP contribution is -2.13. The fourth-order valence-electron chi connectivity index (χ4n) is 1.63. The molecule has 0 bridgehead atoms. The fourth-order valence-corrected chi connectivity index (χ4v) is 1.63. The second-order valence-electron chi connectivity index (χ2n) is 4.13. The highest BCUT2D eigenvalue weighted by atomic mass is 16.5. The van der Waals surface area contributed by atoms with Crippen molar-refractivity contribution in [1.29, 1.82) is 0 Å². The summed E-state index contributed by atoms with van der Waals surface area (Å²) < 4.78 is 5.13. The number of carbonyl (C=O) groups excluding carboxylic acids is 1. The summed E-state index contributed by atoms with van der Waals surface area (Å²) in [6.07, 6.45) is 1.04. The molecule has 0 unspecified atom stereocenters. The van der Waals surface area contributed by atoms with Crippen LogP contribution in [0.25, 0.3) is 11.4 Å². The SMILES string of the molecule is CCCNCc1nc(-c2cccc(C(N)=O)c2)no1. The van der Waals surface area contributed by atoms with Crippen LogP contribution in [-0.2, 0) is 6.54 Å². The van der Waals surface area contributed by atoms with Crippen molar-refractivity contribution in [3.8, 4) is 11.4 Å². The summed E-state index contributed by atoms with van der Waals surface area (Å²) in [4.78, 5) is 15.4. The predicted octanol–water partition coefficient (Wildman–Crippen LogP) is 1.34. The minimum Gasteiger partial charge on any atom is -0.366 e. The molecule has 1 aromatic heterocycles. The molecule has 0 spiro atoms. The highest BCUT2D eigenvalue weighted by Crippen LogP contribution is 2.17. The van der Waals surface area contributed by atoms with E-state index in [0.29, 0.717) is 29.4 Å². The molecule has 100 valence electrons. The number of carbonyl (C=O) groups is 1. The van der Waals surface area contributed by atoms with Crippen LogP contribution in [0.5, 0.6) is 0 Å². The van der Waals surface area contributed by atoms with Gasteiger partial charge in [-0.1, -0.05) is 24.2 Å². The minimum atomic E-state index is -0.477. The van der Waals surface area contributed by atoms with E-state index in [9.17, 15) is 4.79 Å². The van der Waals surface area contributed by atoms with Crippen LogP contribution in [-0.4, -0.2) is 22.6 Å². The molecule has 0 atom stereocenters. The largest absolute Gasteiger partial charge is 0.366 e. The Hall–Kier alpha value is -2.21. The first-order chi connectivity index (χ1) is 9.20. The molecule has 6 nitrogen and oxygen atoms in total. The van der Waals surface area contributed by atoms with Crippen molar-refractivity contribution in [2.24, 2.45) is 5.73 Å². The van der Waals surface area contributed by atoms with Crippen LogP contribution in [0.2, 0.25) is 0 Å². The number of aromatic nitrogens is 2. The maximum absolute atomic E-state index is 11.1. The Morgan fingerprint density at radius 1 is 1.47 bits per heavy atom. The van der Waals surface area contributed by atoms with Gasteiger partial charge >= 0.3 is 0 Å². The minimum absolute atomic E-state index is 0.424. The number of nitrogens with one attached hydrogen (secondary N) is 1. The van der Waals surface area contributed by atoms with Crippen molar-refractivity contribution in [3.63, 3.8) is 0 Å². The Labute approximate surface area is 111 Å². The van der Waals surface area contributed by atoms with Gasteiger partial charge in [0.15, 0.2) is 0 Å². The summed E-state index contributed by atoms with van der Waals surface area (Å²) in [5.74, 6) is 0.500. The van der Waals surface area contributed by atoms with Gasteiger partial charge in [-0.3, -0.25) is 4.79 Å². The molecule has 3 N–H and O–H groups in total. The quantitative estimate of drug-likeness (QED) is 0.764. The maximum Gasteiger partial charge on any atom is 0.248 e. The number of amides is 1. The van der Waals surface area contributed by atoms with Crippen LogP contribution >= 0.6 is 0 Å². The molecule has 0 aliphatic carbocycles. The molecule has 0 saturated heterocycles. The topological polar surface area (TPSA) is 94.0 Å². The third-order valence-corrected chi connectivity index (χ3v) is 2.58. The van der Waals surface area contributed by atoms with Gasteiger partial charge in [-0.05, 0) is 25.1 Å². The highest BCUT2D eigenvalue weighted by molar-refractivity contribution is 5.93. The van der Waals surface area contributed by atoms with Crippen LogP contribution in [0.15, 0.2) is 28.8 Å². The molecule has 2 rings (SSSR count). The molecule has 2 aromatic rings. The van der Waals surface area contributed by atoms with Crippen LogP contribution in [0.4, 0.5) is 0 Å². The Bertz CT molecular complexity index is 565. The van der Waals surface area contributed by atoms with Gasteiger partial charge in [0.25, 0.3) is 0 Å². The highest BCUT2D eigenvalue weighted by Gasteiger charge is 2.10. The van der Waals surface area contributed by atoms with Crippen LogP contribution in [0, 0.1) is 0 Å². The number of hydrogen-bond donors (Lipinski definition) is 2. The summed E-state index contributed by atoms with van der Waals surface area (Å²) in [7, 11) is 0.